The standard InChI is InChI=1S/C28H30Cl2FN3O4S/c1-3-16-32-28(36)26(4-2)33(18-20-10-12-21(31)13-11-20)27(35)19-34(22-14-15-24(29)25(30)17-22)39(37,38)23-8-6-5-7-9-23/h5-15,17,26H,3-4,16,18-19H2,1-2H3,(H,32,36)/t26-/m0/s1. The molecule has 3 rings (SSSR count). The largest absolute Gasteiger partial charge is 0.354 e. The van der Waals surface area contributed by atoms with Gasteiger partial charge in [-0.05, 0) is 60.9 Å². The van der Waals surface area contributed by atoms with Gasteiger partial charge in [0.25, 0.3) is 10.0 Å². The highest BCUT2D eigenvalue weighted by atomic mass is 35.5. The van der Waals surface area contributed by atoms with Crippen LogP contribution >= 0.6 is 23.2 Å². The second-order valence-electron chi connectivity index (χ2n) is 8.79. The van der Waals surface area contributed by atoms with Gasteiger partial charge < -0.3 is 10.2 Å². The number of carbonyl (C=O) groups excluding carboxylic acids is 2. The van der Waals surface area contributed by atoms with Crippen LogP contribution in [0.15, 0.2) is 77.7 Å². The molecule has 0 spiro atoms. The summed E-state index contributed by atoms with van der Waals surface area (Å²) in [5, 5.41) is 3.15. The Kier molecular flexibility index (Phi) is 10.7. The molecule has 0 heterocycles. The fraction of sp³-hybridized carbons (Fsp3) is 0.286. The molecule has 0 bridgehead atoms. The van der Waals surface area contributed by atoms with Crippen LogP contribution in [0.25, 0.3) is 0 Å². The number of halogens is 3. The first kappa shape index (κ1) is 30.4. The zero-order valence-electron chi connectivity index (χ0n) is 21.6. The van der Waals surface area contributed by atoms with Crippen LogP contribution in [-0.2, 0) is 26.2 Å². The van der Waals surface area contributed by atoms with E-state index >= 15 is 0 Å². The Hall–Kier alpha value is -3.14. The Bertz CT molecular complexity index is 1390. The Morgan fingerprint density at radius 1 is 0.949 bits per heavy atom. The second kappa shape index (κ2) is 13.8. The van der Waals surface area contributed by atoms with Crippen LogP contribution in [0.4, 0.5) is 10.1 Å². The number of nitrogens with one attached hydrogen (secondary N) is 1. The van der Waals surface area contributed by atoms with E-state index in [4.69, 9.17) is 23.2 Å². The van der Waals surface area contributed by atoms with Crippen LogP contribution in [0.2, 0.25) is 10.0 Å². The van der Waals surface area contributed by atoms with E-state index in [2.05, 4.69) is 5.32 Å². The van der Waals surface area contributed by atoms with Gasteiger partial charge in [-0.1, -0.05) is 67.4 Å². The minimum absolute atomic E-state index is 0.0262. The molecule has 39 heavy (non-hydrogen) atoms. The van der Waals surface area contributed by atoms with Gasteiger partial charge in [0.1, 0.15) is 18.4 Å². The summed E-state index contributed by atoms with van der Waals surface area (Å²) in [6.07, 6.45) is 0.981. The highest BCUT2D eigenvalue weighted by Crippen LogP contribution is 2.31. The van der Waals surface area contributed by atoms with Crippen molar-refractivity contribution >= 4 is 50.7 Å². The van der Waals surface area contributed by atoms with Crippen molar-refractivity contribution in [2.75, 3.05) is 17.4 Å². The van der Waals surface area contributed by atoms with Gasteiger partial charge in [0.05, 0.1) is 20.6 Å². The molecule has 0 aliphatic rings. The third kappa shape index (κ3) is 7.71. The number of sulfonamides is 1. The first-order valence-electron chi connectivity index (χ1n) is 12.4. The van der Waals surface area contributed by atoms with E-state index < -0.39 is 34.3 Å². The second-order valence-corrected chi connectivity index (χ2v) is 11.5. The average Bonchev–Trinajstić information content (AvgIpc) is 2.93. The molecule has 0 aliphatic carbocycles. The van der Waals surface area contributed by atoms with Crippen LogP contribution in [0.3, 0.4) is 0 Å². The van der Waals surface area contributed by atoms with Crippen molar-refractivity contribution in [3.8, 4) is 0 Å². The molecule has 3 aromatic rings. The molecule has 3 aromatic carbocycles. The number of nitrogens with zero attached hydrogens (tertiary/aromatic N) is 2. The van der Waals surface area contributed by atoms with E-state index in [1.54, 1.807) is 25.1 Å². The number of anilines is 1. The molecule has 1 atom stereocenters. The zero-order chi connectivity index (χ0) is 28.6. The highest BCUT2D eigenvalue weighted by molar-refractivity contribution is 7.92. The number of carbonyl (C=O) groups is 2. The molecule has 0 fully saturated rings. The number of rotatable bonds is 12. The van der Waals surface area contributed by atoms with Gasteiger partial charge in [-0.15, -0.1) is 0 Å². The molecule has 7 nitrogen and oxygen atoms in total. The molecule has 0 radical (unpaired) electrons. The quantitative estimate of drug-likeness (QED) is 0.293. The van der Waals surface area contributed by atoms with Crippen LogP contribution in [0, 0.1) is 5.82 Å². The molecule has 2 amide bonds. The summed E-state index contributed by atoms with van der Waals surface area (Å²) in [4.78, 5) is 28.3. The lowest BCUT2D eigenvalue weighted by atomic mass is 10.1. The summed E-state index contributed by atoms with van der Waals surface area (Å²) in [7, 11) is -4.22. The molecule has 1 N–H and O–H groups in total. The van der Waals surface area contributed by atoms with Crippen molar-refractivity contribution in [2.24, 2.45) is 0 Å². The van der Waals surface area contributed by atoms with Crippen molar-refractivity contribution in [3.05, 3.63) is 94.2 Å². The van der Waals surface area contributed by atoms with E-state index in [1.165, 1.54) is 59.5 Å². The van der Waals surface area contributed by atoms with Gasteiger partial charge in [-0.2, -0.15) is 0 Å². The summed E-state index contributed by atoms with van der Waals surface area (Å²) >= 11 is 12.3. The third-order valence-electron chi connectivity index (χ3n) is 6.00. The van der Waals surface area contributed by atoms with E-state index in [1.807, 2.05) is 6.92 Å². The Morgan fingerprint density at radius 3 is 2.21 bits per heavy atom. The number of benzene rings is 3. The predicted octanol–water partition coefficient (Wildman–Crippen LogP) is 5.66. The minimum atomic E-state index is -4.22. The lowest BCUT2D eigenvalue weighted by Crippen LogP contribution is -2.52. The lowest BCUT2D eigenvalue weighted by molar-refractivity contribution is -0.140. The SMILES string of the molecule is CCCNC(=O)[C@H](CC)N(Cc1ccc(F)cc1)C(=O)CN(c1ccc(Cl)c(Cl)c1)S(=O)(=O)c1ccccc1. The number of hydrogen-bond acceptors (Lipinski definition) is 4. The average molecular weight is 595 g/mol. The van der Waals surface area contributed by atoms with E-state index in [-0.39, 0.29) is 39.5 Å². The smallest absolute Gasteiger partial charge is 0.264 e. The third-order valence-corrected chi connectivity index (χ3v) is 8.53. The molecule has 11 heteroatoms. The zero-order valence-corrected chi connectivity index (χ0v) is 23.9. The van der Waals surface area contributed by atoms with Gasteiger partial charge in [-0.25, -0.2) is 12.8 Å². The lowest BCUT2D eigenvalue weighted by Gasteiger charge is -2.33. The van der Waals surface area contributed by atoms with Gasteiger partial charge in [0, 0.05) is 13.1 Å². The molecule has 0 saturated carbocycles. The van der Waals surface area contributed by atoms with Gasteiger partial charge in [0.2, 0.25) is 11.8 Å². The van der Waals surface area contributed by atoms with Crippen molar-refractivity contribution in [3.63, 3.8) is 0 Å². The Balaban J connectivity index is 2.06. The molecule has 208 valence electrons. The van der Waals surface area contributed by atoms with E-state index in [9.17, 15) is 22.4 Å². The monoisotopic (exact) mass is 593 g/mol. The molecule has 0 saturated heterocycles. The number of hydrogen-bond donors (Lipinski definition) is 1. The van der Waals surface area contributed by atoms with Crippen molar-refractivity contribution < 1.29 is 22.4 Å². The van der Waals surface area contributed by atoms with Crippen LogP contribution < -0.4 is 9.62 Å². The first-order chi connectivity index (χ1) is 18.6. The fourth-order valence-corrected chi connectivity index (χ4v) is 5.68. The summed E-state index contributed by atoms with van der Waals surface area (Å²) in [6, 6.07) is 16.6. The summed E-state index contributed by atoms with van der Waals surface area (Å²) in [6.45, 7) is 3.45. The predicted molar refractivity (Wildman–Crippen MR) is 152 cm³/mol. The molecule has 0 unspecified atom stereocenters. The maximum absolute atomic E-state index is 13.9. The maximum Gasteiger partial charge on any atom is 0.264 e. The summed E-state index contributed by atoms with van der Waals surface area (Å²) < 4.78 is 42.0. The van der Waals surface area contributed by atoms with Crippen LogP contribution in [0.1, 0.15) is 32.3 Å². The molecular weight excluding hydrogens is 564 g/mol. The van der Waals surface area contributed by atoms with Gasteiger partial charge >= 0.3 is 0 Å². The van der Waals surface area contributed by atoms with Gasteiger partial charge in [0.15, 0.2) is 0 Å². The molecule has 0 aromatic heterocycles. The Morgan fingerprint density at radius 2 is 1.62 bits per heavy atom. The normalized spacial score (nSPS) is 12.0. The first-order valence-corrected chi connectivity index (χ1v) is 14.6. The summed E-state index contributed by atoms with van der Waals surface area (Å²) in [5.41, 5.74) is 0.713. The molecule has 0 aliphatic heterocycles. The van der Waals surface area contributed by atoms with Crippen LogP contribution in [0.5, 0.6) is 0 Å². The van der Waals surface area contributed by atoms with Crippen LogP contribution in [-0.4, -0.2) is 44.3 Å². The minimum Gasteiger partial charge on any atom is -0.354 e. The Labute approximate surface area is 238 Å². The fourth-order valence-electron chi connectivity index (χ4n) is 3.96. The highest BCUT2D eigenvalue weighted by Gasteiger charge is 2.33. The maximum atomic E-state index is 13.9. The van der Waals surface area contributed by atoms with Crippen molar-refractivity contribution in [1.29, 1.82) is 0 Å². The topological polar surface area (TPSA) is 86.8 Å². The number of amides is 2. The van der Waals surface area contributed by atoms with Gasteiger partial charge in [-0.3, -0.25) is 13.9 Å². The summed E-state index contributed by atoms with van der Waals surface area (Å²) in [5.74, 6) is -1.42. The van der Waals surface area contributed by atoms with Crippen molar-refractivity contribution in [1.82, 2.24) is 10.2 Å². The van der Waals surface area contributed by atoms with Crippen molar-refractivity contribution in [2.45, 2.75) is 44.2 Å². The molecular formula is C28H30Cl2FN3O4S. The van der Waals surface area contributed by atoms with E-state index in [0.29, 0.717) is 18.5 Å². The van der Waals surface area contributed by atoms with E-state index in [0.717, 1.165) is 4.31 Å².